The van der Waals surface area contributed by atoms with Crippen LogP contribution in [0.25, 0.3) is 0 Å². The van der Waals surface area contributed by atoms with Crippen molar-refractivity contribution in [1.29, 1.82) is 0 Å². The first-order chi connectivity index (χ1) is 9.38. The molecule has 0 unspecified atom stereocenters. The summed E-state index contributed by atoms with van der Waals surface area (Å²) in [6.45, 7) is 0. The van der Waals surface area contributed by atoms with Gasteiger partial charge in [0.15, 0.2) is 0 Å². The number of benzene rings is 1. The number of carboxylic acid groups (broad SMARTS) is 1. The smallest absolute Gasteiger partial charge is 0.350 e. The number of aromatic carboxylic acids is 1. The van der Waals surface area contributed by atoms with Gasteiger partial charge in [0.05, 0.1) is 15.5 Å². The predicted octanol–water partition coefficient (Wildman–Crippen LogP) is 2.47. The summed E-state index contributed by atoms with van der Waals surface area (Å²) < 4.78 is 6.49. The van der Waals surface area contributed by atoms with E-state index in [4.69, 9.17) is 21.4 Å². The van der Waals surface area contributed by atoms with E-state index in [1.807, 2.05) is 0 Å². The Morgan fingerprint density at radius 1 is 1.55 bits per heavy atom. The van der Waals surface area contributed by atoms with Crippen LogP contribution in [0.15, 0.2) is 24.4 Å². The first kappa shape index (κ1) is 13.8. The van der Waals surface area contributed by atoms with E-state index in [1.165, 1.54) is 36.1 Å². The zero-order chi connectivity index (χ0) is 14.9. The molecule has 9 heteroatoms. The van der Waals surface area contributed by atoms with Crippen LogP contribution in [0.4, 0.5) is 5.69 Å². The van der Waals surface area contributed by atoms with E-state index < -0.39 is 10.9 Å². The number of hydrogen-bond donors (Lipinski definition) is 1. The summed E-state index contributed by atoms with van der Waals surface area (Å²) in [4.78, 5) is 20.9. The molecule has 0 atom stereocenters. The van der Waals surface area contributed by atoms with Gasteiger partial charge in [0, 0.05) is 7.05 Å². The minimum Gasteiger partial charge on any atom is -0.478 e. The van der Waals surface area contributed by atoms with Crippen LogP contribution >= 0.6 is 11.6 Å². The van der Waals surface area contributed by atoms with Gasteiger partial charge in [-0.3, -0.25) is 14.8 Å². The Balaban J connectivity index is 2.35. The largest absolute Gasteiger partial charge is 0.478 e. The zero-order valence-electron chi connectivity index (χ0n) is 10.1. The number of carbonyl (C=O) groups is 1. The number of ether oxygens (including phenoxy) is 1. The minimum absolute atomic E-state index is 0.0159. The first-order valence-electron chi connectivity index (χ1n) is 5.27. The number of nitro groups is 1. The van der Waals surface area contributed by atoms with Gasteiger partial charge < -0.3 is 9.84 Å². The Morgan fingerprint density at radius 3 is 2.80 bits per heavy atom. The molecular weight excluding hydrogens is 290 g/mol. The van der Waals surface area contributed by atoms with Crippen molar-refractivity contribution in [3.8, 4) is 11.6 Å². The van der Waals surface area contributed by atoms with Crippen LogP contribution in [0.5, 0.6) is 11.6 Å². The number of nitrogens with zero attached hydrogens (tertiary/aromatic N) is 3. The summed E-state index contributed by atoms with van der Waals surface area (Å²) in [5.74, 6) is -1.27. The second-order valence-electron chi connectivity index (χ2n) is 3.80. The Morgan fingerprint density at radius 2 is 2.25 bits per heavy atom. The van der Waals surface area contributed by atoms with E-state index >= 15 is 0 Å². The highest BCUT2D eigenvalue weighted by molar-refractivity contribution is 6.32. The molecule has 2 aromatic rings. The van der Waals surface area contributed by atoms with Gasteiger partial charge in [0.2, 0.25) is 0 Å². The lowest BCUT2D eigenvalue weighted by molar-refractivity contribution is -0.385. The average Bonchev–Trinajstić information content (AvgIpc) is 2.73. The average molecular weight is 298 g/mol. The fraction of sp³-hybridized carbons (Fsp3) is 0.0909. The number of halogens is 1. The molecule has 20 heavy (non-hydrogen) atoms. The van der Waals surface area contributed by atoms with Crippen molar-refractivity contribution in [2.75, 3.05) is 0 Å². The van der Waals surface area contributed by atoms with E-state index in [9.17, 15) is 14.9 Å². The van der Waals surface area contributed by atoms with Crippen molar-refractivity contribution in [1.82, 2.24) is 9.78 Å². The summed E-state index contributed by atoms with van der Waals surface area (Å²) in [6.07, 6.45) is 1.19. The minimum atomic E-state index is -1.14. The number of carboxylic acids is 1. The van der Waals surface area contributed by atoms with Crippen LogP contribution in [0.2, 0.25) is 5.02 Å². The van der Waals surface area contributed by atoms with E-state index in [2.05, 4.69) is 5.10 Å². The van der Waals surface area contributed by atoms with Crippen molar-refractivity contribution >= 4 is 23.3 Å². The van der Waals surface area contributed by atoms with E-state index in [0.29, 0.717) is 0 Å². The Kier molecular flexibility index (Phi) is 3.57. The third kappa shape index (κ3) is 2.69. The van der Waals surface area contributed by atoms with Crippen LogP contribution in [-0.2, 0) is 7.05 Å². The third-order valence-electron chi connectivity index (χ3n) is 2.36. The Labute approximate surface area is 117 Å². The van der Waals surface area contributed by atoms with Crippen LogP contribution in [0, 0.1) is 10.1 Å². The van der Waals surface area contributed by atoms with Crippen molar-refractivity contribution < 1.29 is 19.6 Å². The topological polar surface area (TPSA) is 107 Å². The van der Waals surface area contributed by atoms with E-state index in [-0.39, 0.29) is 27.9 Å². The predicted molar refractivity (Wildman–Crippen MR) is 68.3 cm³/mol. The maximum atomic E-state index is 10.8. The van der Waals surface area contributed by atoms with Crippen molar-refractivity contribution in [2.24, 2.45) is 7.05 Å². The van der Waals surface area contributed by atoms with Gasteiger partial charge in [0.1, 0.15) is 11.9 Å². The number of rotatable bonds is 4. The molecule has 0 saturated heterocycles. The molecule has 2 rings (SSSR count). The quantitative estimate of drug-likeness (QED) is 0.686. The Bertz CT molecular complexity index is 697. The van der Waals surface area contributed by atoms with Crippen molar-refractivity contribution in [2.45, 2.75) is 0 Å². The SMILES string of the molecule is Cn1cc([N+](=O)[O-])c(Oc2ccc(C(=O)O)cc2Cl)n1. The van der Waals surface area contributed by atoms with Crippen LogP contribution in [-0.4, -0.2) is 25.8 Å². The zero-order valence-corrected chi connectivity index (χ0v) is 10.9. The summed E-state index contributed by atoms with van der Waals surface area (Å²) in [6, 6.07) is 3.77. The highest BCUT2D eigenvalue weighted by atomic mass is 35.5. The van der Waals surface area contributed by atoms with Gasteiger partial charge in [-0.15, -0.1) is 5.10 Å². The summed E-state index contributed by atoms with van der Waals surface area (Å²) >= 11 is 5.87. The molecule has 0 fully saturated rings. The Hall–Kier alpha value is -2.61. The highest BCUT2D eigenvalue weighted by Gasteiger charge is 2.21. The van der Waals surface area contributed by atoms with Gasteiger partial charge in [-0.25, -0.2) is 4.79 Å². The molecule has 0 amide bonds. The molecular formula is C11H8ClN3O5. The number of aromatic nitrogens is 2. The molecule has 0 aliphatic carbocycles. The van der Waals surface area contributed by atoms with Crippen molar-refractivity contribution in [3.63, 3.8) is 0 Å². The van der Waals surface area contributed by atoms with Gasteiger partial charge in [-0.2, -0.15) is 0 Å². The maximum absolute atomic E-state index is 10.8. The fourth-order valence-corrected chi connectivity index (χ4v) is 1.69. The van der Waals surface area contributed by atoms with Crippen LogP contribution in [0.1, 0.15) is 10.4 Å². The second-order valence-corrected chi connectivity index (χ2v) is 4.21. The van der Waals surface area contributed by atoms with Crippen LogP contribution < -0.4 is 4.74 Å². The maximum Gasteiger partial charge on any atom is 0.350 e. The molecule has 0 spiro atoms. The lowest BCUT2D eigenvalue weighted by Gasteiger charge is -2.05. The normalized spacial score (nSPS) is 10.3. The lowest BCUT2D eigenvalue weighted by Crippen LogP contribution is -1.97. The first-order valence-corrected chi connectivity index (χ1v) is 5.65. The number of hydrogen-bond acceptors (Lipinski definition) is 5. The standard InChI is InChI=1S/C11H8ClN3O5/c1-14-5-8(15(18)19)10(13-14)20-9-3-2-6(11(16)17)4-7(9)12/h2-5H,1H3,(H,16,17). The molecule has 104 valence electrons. The van der Waals surface area contributed by atoms with Gasteiger partial charge >= 0.3 is 17.5 Å². The molecule has 0 radical (unpaired) electrons. The number of aryl methyl sites for hydroxylation is 1. The monoisotopic (exact) mass is 297 g/mol. The van der Waals surface area contributed by atoms with Gasteiger partial charge in [-0.1, -0.05) is 11.6 Å². The van der Waals surface area contributed by atoms with Crippen LogP contribution in [0.3, 0.4) is 0 Å². The fourth-order valence-electron chi connectivity index (χ4n) is 1.47. The van der Waals surface area contributed by atoms with Gasteiger partial charge in [-0.05, 0) is 18.2 Å². The molecule has 1 N–H and O–H groups in total. The molecule has 8 nitrogen and oxygen atoms in total. The lowest BCUT2D eigenvalue weighted by atomic mass is 10.2. The molecule has 1 aromatic heterocycles. The molecule has 0 saturated carbocycles. The molecule has 1 aromatic carbocycles. The van der Waals surface area contributed by atoms with Gasteiger partial charge in [0.25, 0.3) is 0 Å². The van der Waals surface area contributed by atoms with E-state index in [1.54, 1.807) is 0 Å². The van der Waals surface area contributed by atoms with E-state index in [0.717, 1.165) is 0 Å². The molecule has 0 aliphatic rings. The summed E-state index contributed by atoms with van der Waals surface area (Å²) in [5, 5.41) is 23.4. The molecule has 0 aliphatic heterocycles. The summed E-state index contributed by atoms with van der Waals surface area (Å²) in [5.41, 5.74) is -0.330. The molecule has 0 bridgehead atoms. The molecule has 1 heterocycles. The third-order valence-corrected chi connectivity index (χ3v) is 2.65. The van der Waals surface area contributed by atoms with Crippen molar-refractivity contribution in [3.05, 3.63) is 45.1 Å². The second kappa shape index (κ2) is 5.17. The highest BCUT2D eigenvalue weighted by Crippen LogP contribution is 2.33. The summed E-state index contributed by atoms with van der Waals surface area (Å²) in [7, 11) is 1.51.